The van der Waals surface area contributed by atoms with Crippen molar-refractivity contribution in [1.82, 2.24) is 14.5 Å². The van der Waals surface area contributed by atoms with Crippen molar-refractivity contribution in [2.45, 2.75) is 63.8 Å². The van der Waals surface area contributed by atoms with E-state index in [0.717, 1.165) is 82.2 Å². The molecule has 3 aromatic rings. The molecule has 3 fully saturated rings. The average Bonchev–Trinajstić information content (AvgIpc) is 3.00. The molecule has 8 heteroatoms. The van der Waals surface area contributed by atoms with Gasteiger partial charge in [0.25, 0.3) is 5.56 Å². The van der Waals surface area contributed by atoms with Gasteiger partial charge in [0, 0.05) is 61.2 Å². The highest BCUT2D eigenvalue weighted by atomic mass is 19.1. The second kappa shape index (κ2) is 12.7. The lowest BCUT2D eigenvalue weighted by Crippen LogP contribution is -2.37. The van der Waals surface area contributed by atoms with E-state index in [2.05, 4.69) is 44.4 Å². The number of anilines is 3. The SMILES string of the molecule is O=c1c(F)cc2cnc(Nc3ccc(N4CCC(CCCN5CCOCC5)CC4)cc3)cc2n1C1CCCCC1. The first-order valence-corrected chi connectivity index (χ1v) is 15.3. The maximum atomic E-state index is 14.5. The van der Waals surface area contributed by atoms with E-state index in [1.165, 1.54) is 50.4 Å². The first-order chi connectivity index (χ1) is 19.6. The van der Waals surface area contributed by atoms with Gasteiger partial charge in [-0.2, -0.15) is 0 Å². The van der Waals surface area contributed by atoms with Crippen LogP contribution in [0.5, 0.6) is 0 Å². The van der Waals surface area contributed by atoms with Gasteiger partial charge in [-0.15, -0.1) is 0 Å². The van der Waals surface area contributed by atoms with E-state index in [1.54, 1.807) is 10.8 Å². The van der Waals surface area contributed by atoms with Crippen molar-refractivity contribution in [1.29, 1.82) is 0 Å². The number of ether oxygens (including phenoxy) is 1. The predicted molar refractivity (Wildman–Crippen MR) is 159 cm³/mol. The number of nitrogens with zero attached hydrogens (tertiary/aromatic N) is 4. The third-order valence-electron chi connectivity index (χ3n) is 9.13. The van der Waals surface area contributed by atoms with Crippen LogP contribution in [-0.4, -0.2) is 60.4 Å². The Morgan fingerprint density at radius 3 is 2.45 bits per heavy atom. The standard InChI is InChI=1S/C32H42FN5O2/c33-29-21-25-23-34-31(22-30(25)38(32(29)39)28-6-2-1-3-7-28)35-26-8-10-27(11-9-26)37-15-12-24(13-16-37)5-4-14-36-17-19-40-20-18-36/h8-11,21-24,28H,1-7,12-20H2,(H,34,35). The molecule has 4 heterocycles. The van der Waals surface area contributed by atoms with Gasteiger partial charge < -0.3 is 19.5 Å². The lowest BCUT2D eigenvalue weighted by atomic mass is 9.92. The Morgan fingerprint density at radius 2 is 1.70 bits per heavy atom. The van der Waals surface area contributed by atoms with Crippen LogP contribution in [0.15, 0.2) is 47.4 Å². The molecule has 0 bridgehead atoms. The zero-order valence-electron chi connectivity index (χ0n) is 23.5. The first kappa shape index (κ1) is 27.2. The molecule has 0 radical (unpaired) electrons. The van der Waals surface area contributed by atoms with Gasteiger partial charge in [0.2, 0.25) is 0 Å². The maximum absolute atomic E-state index is 14.5. The zero-order chi connectivity index (χ0) is 27.3. The smallest absolute Gasteiger partial charge is 0.287 e. The number of aromatic nitrogens is 2. The molecule has 214 valence electrons. The summed E-state index contributed by atoms with van der Waals surface area (Å²) in [5.74, 6) is 0.790. The molecule has 0 atom stereocenters. The number of piperidine rings is 1. The summed E-state index contributed by atoms with van der Waals surface area (Å²) >= 11 is 0. The highest BCUT2D eigenvalue weighted by Gasteiger charge is 2.22. The van der Waals surface area contributed by atoms with Crippen molar-refractivity contribution in [2.75, 3.05) is 56.2 Å². The van der Waals surface area contributed by atoms with Crippen molar-refractivity contribution in [2.24, 2.45) is 5.92 Å². The summed E-state index contributed by atoms with van der Waals surface area (Å²) in [6, 6.07) is 11.8. The van der Waals surface area contributed by atoms with Crippen LogP contribution in [-0.2, 0) is 4.74 Å². The Morgan fingerprint density at radius 1 is 0.950 bits per heavy atom. The zero-order valence-corrected chi connectivity index (χ0v) is 23.5. The lowest BCUT2D eigenvalue weighted by molar-refractivity contribution is 0.0365. The molecule has 7 nitrogen and oxygen atoms in total. The van der Waals surface area contributed by atoms with Gasteiger partial charge in [0.05, 0.1) is 18.7 Å². The van der Waals surface area contributed by atoms with Gasteiger partial charge in [-0.05, 0) is 81.3 Å². The van der Waals surface area contributed by atoms with Crippen LogP contribution in [0.3, 0.4) is 0 Å². The molecular weight excluding hydrogens is 505 g/mol. The van der Waals surface area contributed by atoms with Crippen LogP contribution in [0.1, 0.15) is 63.8 Å². The Bertz CT molecular complexity index is 1320. The fourth-order valence-electron chi connectivity index (χ4n) is 6.78. The summed E-state index contributed by atoms with van der Waals surface area (Å²) in [5, 5.41) is 4.06. The fraction of sp³-hybridized carbons (Fsp3) is 0.562. The molecule has 1 aromatic carbocycles. The van der Waals surface area contributed by atoms with Gasteiger partial charge in [0.15, 0.2) is 5.82 Å². The molecule has 6 rings (SSSR count). The molecule has 2 aromatic heterocycles. The van der Waals surface area contributed by atoms with Gasteiger partial charge >= 0.3 is 0 Å². The first-order valence-electron chi connectivity index (χ1n) is 15.3. The normalized spacial score (nSPS) is 19.8. The summed E-state index contributed by atoms with van der Waals surface area (Å²) < 4.78 is 21.6. The summed E-state index contributed by atoms with van der Waals surface area (Å²) in [6.45, 7) is 7.36. The quantitative estimate of drug-likeness (QED) is 0.367. The molecule has 2 saturated heterocycles. The minimum Gasteiger partial charge on any atom is -0.379 e. The largest absolute Gasteiger partial charge is 0.379 e. The van der Waals surface area contributed by atoms with E-state index in [9.17, 15) is 9.18 Å². The van der Waals surface area contributed by atoms with E-state index in [0.29, 0.717) is 11.2 Å². The average molecular weight is 548 g/mol. The topological polar surface area (TPSA) is 62.6 Å². The summed E-state index contributed by atoms with van der Waals surface area (Å²) in [4.78, 5) is 22.4. The van der Waals surface area contributed by atoms with Crippen molar-refractivity contribution < 1.29 is 9.13 Å². The highest BCUT2D eigenvalue weighted by Crippen LogP contribution is 2.31. The van der Waals surface area contributed by atoms with E-state index >= 15 is 0 Å². The third-order valence-corrected chi connectivity index (χ3v) is 9.13. The molecule has 1 saturated carbocycles. The number of hydrogen-bond acceptors (Lipinski definition) is 6. The number of hydrogen-bond donors (Lipinski definition) is 1. The lowest BCUT2D eigenvalue weighted by Gasteiger charge is -2.34. The Hall–Kier alpha value is -2.97. The van der Waals surface area contributed by atoms with Crippen LogP contribution < -0.4 is 15.8 Å². The molecule has 40 heavy (non-hydrogen) atoms. The second-order valence-corrected chi connectivity index (χ2v) is 11.8. The third kappa shape index (κ3) is 6.33. The predicted octanol–water partition coefficient (Wildman–Crippen LogP) is 6.11. The molecule has 3 aliphatic rings. The number of fused-ring (bicyclic) bond motifs is 1. The molecule has 0 spiro atoms. The van der Waals surface area contributed by atoms with Crippen LogP contribution in [0.25, 0.3) is 10.9 Å². The number of morpholine rings is 1. The molecule has 0 unspecified atom stereocenters. The van der Waals surface area contributed by atoms with Crippen molar-refractivity contribution >= 4 is 28.1 Å². The molecular formula is C32H42FN5O2. The van der Waals surface area contributed by atoms with E-state index in [4.69, 9.17) is 4.74 Å². The van der Waals surface area contributed by atoms with Crippen LogP contribution in [0.4, 0.5) is 21.6 Å². The molecule has 1 N–H and O–H groups in total. The van der Waals surface area contributed by atoms with Crippen molar-refractivity contribution in [3.63, 3.8) is 0 Å². The van der Waals surface area contributed by atoms with E-state index < -0.39 is 11.4 Å². The van der Waals surface area contributed by atoms with Crippen molar-refractivity contribution in [3.8, 4) is 0 Å². The maximum Gasteiger partial charge on any atom is 0.287 e. The van der Waals surface area contributed by atoms with Gasteiger partial charge in [-0.3, -0.25) is 9.69 Å². The van der Waals surface area contributed by atoms with Crippen molar-refractivity contribution in [3.05, 3.63) is 58.8 Å². The number of benzene rings is 1. The van der Waals surface area contributed by atoms with Gasteiger partial charge in [0.1, 0.15) is 5.82 Å². The van der Waals surface area contributed by atoms with E-state index in [1.807, 2.05) is 6.07 Å². The number of halogens is 1. The molecule has 2 aliphatic heterocycles. The minimum atomic E-state index is -0.701. The summed E-state index contributed by atoms with van der Waals surface area (Å²) in [5.41, 5.74) is 2.43. The number of pyridine rings is 2. The van der Waals surface area contributed by atoms with Crippen LogP contribution in [0.2, 0.25) is 0 Å². The highest BCUT2D eigenvalue weighted by molar-refractivity contribution is 5.81. The number of nitrogens with one attached hydrogen (secondary N) is 1. The fourth-order valence-corrected chi connectivity index (χ4v) is 6.78. The minimum absolute atomic E-state index is 0.0443. The molecule has 1 aliphatic carbocycles. The van der Waals surface area contributed by atoms with Crippen LogP contribution in [0, 0.1) is 11.7 Å². The Labute approximate surface area is 236 Å². The molecule has 0 amide bonds. The van der Waals surface area contributed by atoms with Crippen LogP contribution >= 0.6 is 0 Å². The Balaban J connectivity index is 1.06. The summed E-state index contributed by atoms with van der Waals surface area (Å²) in [6.07, 6.45) is 11.9. The van der Waals surface area contributed by atoms with Gasteiger partial charge in [-0.25, -0.2) is 9.37 Å². The number of rotatable bonds is 8. The van der Waals surface area contributed by atoms with E-state index in [-0.39, 0.29) is 6.04 Å². The van der Waals surface area contributed by atoms with Gasteiger partial charge in [-0.1, -0.05) is 19.3 Å². The Kier molecular flexibility index (Phi) is 8.63. The summed E-state index contributed by atoms with van der Waals surface area (Å²) in [7, 11) is 0. The second-order valence-electron chi connectivity index (χ2n) is 11.8. The monoisotopic (exact) mass is 547 g/mol.